The SMILES string of the molecule is NCCCN1CCN(c2ccccc2[N+](=O)[O-])CC1c1ccccc1. The summed E-state index contributed by atoms with van der Waals surface area (Å²) in [6, 6.07) is 17.6. The monoisotopic (exact) mass is 340 g/mol. The summed E-state index contributed by atoms with van der Waals surface area (Å²) < 4.78 is 0. The molecule has 0 saturated carbocycles. The summed E-state index contributed by atoms with van der Waals surface area (Å²) >= 11 is 0. The van der Waals surface area contributed by atoms with E-state index in [0.29, 0.717) is 12.2 Å². The largest absolute Gasteiger partial charge is 0.363 e. The number of benzene rings is 2. The van der Waals surface area contributed by atoms with Gasteiger partial charge in [-0.15, -0.1) is 0 Å². The molecule has 25 heavy (non-hydrogen) atoms. The first-order chi connectivity index (χ1) is 12.2. The van der Waals surface area contributed by atoms with Crippen molar-refractivity contribution in [2.24, 2.45) is 5.73 Å². The lowest BCUT2D eigenvalue weighted by molar-refractivity contribution is -0.384. The zero-order valence-electron chi connectivity index (χ0n) is 14.3. The second-order valence-corrected chi connectivity index (χ2v) is 6.30. The van der Waals surface area contributed by atoms with Gasteiger partial charge in [0.2, 0.25) is 0 Å². The van der Waals surface area contributed by atoms with Crippen LogP contribution in [0.5, 0.6) is 0 Å². The third-order valence-corrected chi connectivity index (χ3v) is 4.74. The molecule has 1 atom stereocenters. The minimum atomic E-state index is -0.298. The van der Waals surface area contributed by atoms with Crippen molar-refractivity contribution in [1.82, 2.24) is 4.90 Å². The van der Waals surface area contributed by atoms with E-state index >= 15 is 0 Å². The summed E-state index contributed by atoms with van der Waals surface area (Å²) in [4.78, 5) is 15.6. The maximum atomic E-state index is 11.4. The van der Waals surface area contributed by atoms with Crippen LogP contribution in [0.4, 0.5) is 11.4 Å². The molecule has 132 valence electrons. The topological polar surface area (TPSA) is 75.6 Å². The number of nitro groups is 1. The van der Waals surface area contributed by atoms with Gasteiger partial charge in [0.25, 0.3) is 5.69 Å². The molecule has 0 bridgehead atoms. The van der Waals surface area contributed by atoms with E-state index in [1.807, 2.05) is 30.3 Å². The van der Waals surface area contributed by atoms with E-state index < -0.39 is 0 Å². The fourth-order valence-electron chi connectivity index (χ4n) is 3.48. The number of para-hydroxylation sites is 2. The van der Waals surface area contributed by atoms with Crippen molar-refractivity contribution >= 4 is 11.4 Å². The molecule has 0 spiro atoms. The lowest BCUT2D eigenvalue weighted by atomic mass is 10.0. The van der Waals surface area contributed by atoms with Crippen LogP contribution in [0, 0.1) is 10.1 Å². The first-order valence-corrected chi connectivity index (χ1v) is 8.68. The van der Waals surface area contributed by atoms with E-state index in [1.165, 1.54) is 5.56 Å². The molecule has 1 heterocycles. The Kier molecular flexibility index (Phi) is 5.63. The van der Waals surface area contributed by atoms with Gasteiger partial charge >= 0.3 is 0 Å². The smallest absolute Gasteiger partial charge is 0.292 e. The van der Waals surface area contributed by atoms with Gasteiger partial charge in [0.05, 0.1) is 11.0 Å². The molecule has 0 radical (unpaired) electrons. The summed E-state index contributed by atoms with van der Waals surface area (Å²) in [6.45, 7) is 4.00. The Morgan fingerprint density at radius 1 is 1.08 bits per heavy atom. The average Bonchev–Trinajstić information content (AvgIpc) is 2.67. The number of piperazine rings is 1. The second-order valence-electron chi connectivity index (χ2n) is 6.30. The minimum Gasteiger partial charge on any atom is -0.363 e. The third-order valence-electron chi connectivity index (χ3n) is 4.74. The van der Waals surface area contributed by atoms with Gasteiger partial charge < -0.3 is 10.6 Å². The molecular weight excluding hydrogens is 316 g/mol. The van der Waals surface area contributed by atoms with E-state index in [2.05, 4.69) is 21.9 Å². The summed E-state index contributed by atoms with van der Waals surface area (Å²) in [5.74, 6) is 0. The van der Waals surface area contributed by atoms with Crippen molar-refractivity contribution in [3.8, 4) is 0 Å². The molecule has 1 aliphatic rings. The van der Waals surface area contributed by atoms with Gasteiger partial charge in [-0.05, 0) is 24.6 Å². The van der Waals surface area contributed by atoms with Gasteiger partial charge in [0.15, 0.2) is 0 Å². The molecular formula is C19H24N4O2. The number of nitrogens with two attached hydrogens (primary N) is 1. The predicted octanol–water partition coefficient (Wildman–Crippen LogP) is 2.81. The van der Waals surface area contributed by atoms with Crippen molar-refractivity contribution < 1.29 is 4.92 Å². The highest BCUT2D eigenvalue weighted by atomic mass is 16.6. The number of nitrogens with zero attached hydrogens (tertiary/aromatic N) is 3. The van der Waals surface area contributed by atoms with Crippen molar-refractivity contribution in [3.63, 3.8) is 0 Å². The van der Waals surface area contributed by atoms with Gasteiger partial charge in [-0.25, -0.2) is 0 Å². The quantitative estimate of drug-likeness (QED) is 0.646. The fourth-order valence-corrected chi connectivity index (χ4v) is 3.48. The van der Waals surface area contributed by atoms with Crippen molar-refractivity contribution in [2.45, 2.75) is 12.5 Å². The highest BCUT2D eigenvalue weighted by molar-refractivity contribution is 5.63. The number of hydrogen-bond donors (Lipinski definition) is 1. The summed E-state index contributed by atoms with van der Waals surface area (Å²) in [7, 11) is 0. The van der Waals surface area contributed by atoms with Crippen molar-refractivity contribution in [2.75, 3.05) is 37.6 Å². The van der Waals surface area contributed by atoms with Crippen LogP contribution in [-0.4, -0.2) is 42.5 Å². The van der Waals surface area contributed by atoms with Gasteiger partial charge in [0.1, 0.15) is 5.69 Å². The molecule has 2 aromatic carbocycles. The Morgan fingerprint density at radius 3 is 2.52 bits per heavy atom. The Hall–Kier alpha value is -2.44. The fraction of sp³-hybridized carbons (Fsp3) is 0.368. The molecule has 1 aliphatic heterocycles. The first-order valence-electron chi connectivity index (χ1n) is 8.68. The van der Waals surface area contributed by atoms with Crippen LogP contribution < -0.4 is 10.6 Å². The van der Waals surface area contributed by atoms with E-state index in [-0.39, 0.29) is 16.7 Å². The minimum absolute atomic E-state index is 0.171. The van der Waals surface area contributed by atoms with Crippen LogP contribution in [0.2, 0.25) is 0 Å². The van der Waals surface area contributed by atoms with Crippen molar-refractivity contribution in [1.29, 1.82) is 0 Å². The summed E-state index contributed by atoms with van der Waals surface area (Å²) in [5, 5.41) is 11.4. The maximum absolute atomic E-state index is 11.4. The molecule has 0 aromatic heterocycles. The molecule has 2 aromatic rings. The Morgan fingerprint density at radius 2 is 1.80 bits per heavy atom. The number of nitro benzene ring substituents is 1. The number of anilines is 1. The summed E-state index contributed by atoms with van der Waals surface area (Å²) in [5.41, 5.74) is 7.80. The standard InChI is InChI=1S/C19H24N4O2/c20-11-6-12-21-13-14-22(15-19(21)16-7-2-1-3-8-16)17-9-4-5-10-18(17)23(24)25/h1-5,7-10,19H,6,11-15,20H2. The van der Waals surface area contributed by atoms with Crippen LogP contribution in [0.25, 0.3) is 0 Å². The zero-order valence-corrected chi connectivity index (χ0v) is 14.3. The van der Waals surface area contributed by atoms with Gasteiger partial charge in [-0.1, -0.05) is 42.5 Å². The van der Waals surface area contributed by atoms with E-state index in [1.54, 1.807) is 12.1 Å². The molecule has 3 rings (SSSR count). The van der Waals surface area contributed by atoms with Crippen molar-refractivity contribution in [3.05, 3.63) is 70.3 Å². The molecule has 1 fully saturated rings. The van der Waals surface area contributed by atoms with Gasteiger partial charge in [-0.2, -0.15) is 0 Å². The summed E-state index contributed by atoms with van der Waals surface area (Å²) in [6.07, 6.45) is 0.953. The van der Waals surface area contributed by atoms with E-state index in [4.69, 9.17) is 5.73 Å². The van der Waals surface area contributed by atoms with E-state index in [9.17, 15) is 10.1 Å². The van der Waals surface area contributed by atoms with E-state index in [0.717, 1.165) is 32.6 Å². The molecule has 0 amide bonds. The molecule has 1 saturated heterocycles. The predicted molar refractivity (Wildman–Crippen MR) is 99.7 cm³/mol. The van der Waals surface area contributed by atoms with Crippen LogP contribution in [0.3, 0.4) is 0 Å². The third kappa shape index (κ3) is 3.97. The van der Waals surface area contributed by atoms with Crippen LogP contribution in [0.1, 0.15) is 18.0 Å². The highest BCUT2D eigenvalue weighted by Crippen LogP contribution is 2.33. The lowest BCUT2D eigenvalue weighted by Gasteiger charge is -2.42. The highest BCUT2D eigenvalue weighted by Gasteiger charge is 2.30. The van der Waals surface area contributed by atoms with Crippen LogP contribution >= 0.6 is 0 Å². The lowest BCUT2D eigenvalue weighted by Crippen LogP contribution is -2.49. The zero-order chi connectivity index (χ0) is 17.6. The van der Waals surface area contributed by atoms with Crippen LogP contribution in [0.15, 0.2) is 54.6 Å². The Balaban J connectivity index is 1.87. The number of hydrogen-bond acceptors (Lipinski definition) is 5. The average molecular weight is 340 g/mol. The normalized spacial score (nSPS) is 18.3. The molecule has 1 unspecified atom stereocenters. The maximum Gasteiger partial charge on any atom is 0.292 e. The molecule has 2 N–H and O–H groups in total. The van der Waals surface area contributed by atoms with Gasteiger partial charge in [-0.3, -0.25) is 15.0 Å². The molecule has 6 nitrogen and oxygen atoms in total. The molecule has 0 aliphatic carbocycles. The van der Waals surface area contributed by atoms with Gasteiger partial charge in [0, 0.05) is 32.2 Å². The second kappa shape index (κ2) is 8.09. The Bertz CT molecular complexity index is 708. The number of rotatable bonds is 6. The first kappa shape index (κ1) is 17.4. The van der Waals surface area contributed by atoms with Crippen LogP contribution in [-0.2, 0) is 0 Å². The Labute approximate surface area is 148 Å². The molecule has 6 heteroatoms.